The van der Waals surface area contributed by atoms with Gasteiger partial charge in [-0.05, 0) is 36.5 Å². The van der Waals surface area contributed by atoms with E-state index >= 15 is 0 Å². The molecule has 150 valence electrons. The van der Waals surface area contributed by atoms with Gasteiger partial charge in [-0.1, -0.05) is 26.0 Å². The number of hydrogen-bond donors (Lipinski definition) is 1. The van der Waals surface area contributed by atoms with E-state index in [0.717, 1.165) is 5.70 Å². The van der Waals surface area contributed by atoms with Crippen molar-refractivity contribution in [1.82, 2.24) is 5.32 Å². The van der Waals surface area contributed by atoms with Crippen molar-refractivity contribution in [3.63, 3.8) is 0 Å². The molecule has 1 aliphatic carbocycles. The van der Waals surface area contributed by atoms with E-state index in [-0.39, 0.29) is 24.4 Å². The summed E-state index contributed by atoms with van der Waals surface area (Å²) in [6.07, 6.45) is 1.06. The maximum atomic E-state index is 14.0. The molecule has 6 heteroatoms. The Kier molecular flexibility index (Phi) is 5.70. The number of carbonyl (C=O) groups is 2. The fourth-order valence-electron chi connectivity index (χ4n) is 4.02. The molecule has 1 heterocycles. The van der Waals surface area contributed by atoms with Crippen LogP contribution >= 0.6 is 0 Å². The minimum Gasteiger partial charge on any atom is -0.460 e. The van der Waals surface area contributed by atoms with Crippen molar-refractivity contribution in [2.75, 3.05) is 20.3 Å². The molecule has 0 fully saturated rings. The quantitative estimate of drug-likeness (QED) is 0.618. The number of ether oxygens (including phenoxy) is 2. The van der Waals surface area contributed by atoms with Gasteiger partial charge in [0.05, 0.1) is 12.2 Å². The Bertz CT molecular complexity index is 869. The number of benzene rings is 1. The monoisotopic (exact) mass is 387 g/mol. The topological polar surface area (TPSA) is 64.6 Å². The SMILES string of the molecule is COCCOC(=O)C1=C(C)NC2=C(C(=O)CC(C)(C)C2)[C@@H]1c1cccc(F)c1. The predicted molar refractivity (Wildman–Crippen MR) is 103 cm³/mol. The number of allylic oxidation sites excluding steroid dienone is 3. The minimum absolute atomic E-state index is 0.0253. The first-order chi connectivity index (χ1) is 13.2. The summed E-state index contributed by atoms with van der Waals surface area (Å²) in [5, 5.41) is 3.25. The third kappa shape index (κ3) is 4.02. The molecule has 0 unspecified atom stereocenters. The molecule has 2 aliphatic rings. The van der Waals surface area contributed by atoms with E-state index in [2.05, 4.69) is 5.32 Å². The first kappa shape index (κ1) is 20.3. The van der Waals surface area contributed by atoms with Crippen LogP contribution < -0.4 is 5.32 Å². The van der Waals surface area contributed by atoms with Gasteiger partial charge in [-0.15, -0.1) is 0 Å². The second-order valence-corrected chi connectivity index (χ2v) is 8.11. The normalized spacial score (nSPS) is 21.3. The molecule has 0 radical (unpaired) electrons. The molecule has 0 aromatic heterocycles. The predicted octanol–water partition coefficient (Wildman–Crippen LogP) is 3.62. The lowest BCUT2D eigenvalue weighted by Crippen LogP contribution is -2.38. The summed E-state index contributed by atoms with van der Waals surface area (Å²) in [4.78, 5) is 25.9. The first-order valence-corrected chi connectivity index (χ1v) is 9.39. The number of hydrogen-bond acceptors (Lipinski definition) is 5. The highest BCUT2D eigenvalue weighted by Crippen LogP contribution is 2.46. The molecule has 0 amide bonds. The summed E-state index contributed by atoms with van der Waals surface area (Å²) in [7, 11) is 1.52. The van der Waals surface area contributed by atoms with Crippen molar-refractivity contribution in [2.45, 2.75) is 39.5 Å². The van der Waals surface area contributed by atoms with E-state index in [0.29, 0.717) is 35.2 Å². The van der Waals surface area contributed by atoms with Crippen LogP contribution in [0.15, 0.2) is 46.8 Å². The van der Waals surface area contributed by atoms with Gasteiger partial charge < -0.3 is 14.8 Å². The van der Waals surface area contributed by atoms with Gasteiger partial charge in [0.25, 0.3) is 0 Å². The highest BCUT2D eigenvalue weighted by molar-refractivity contribution is 6.04. The largest absolute Gasteiger partial charge is 0.460 e. The van der Waals surface area contributed by atoms with E-state index < -0.39 is 17.7 Å². The minimum atomic E-state index is -0.648. The van der Waals surface area contributed by atoms with Crippen molar-refractivity contribution in [2.24, 2.45) is 5.41 Å². The van der Waals surface area contributed by atoms with Crippen molar-refractivity contribution in [1.29, 1.82) is 0 Å². The second kappa shape index (κ2) is 7.87. The summed E-state index contributed by atoms with van der Waals surface area (Å²) in [5.41, 5.74) is 2.71. The number of carbonyl (C=O) groups excluding carboxylic acids is 2. The van der Waals surface area contributed by atoms with Crippen LogP contribution in [0.1, 0.15) is 45.1 Å². The molecule has 1 atom stereocenters. The highest BCUT2D eigenvalue weighted by Gasteiger charge is 2.43. The maximum absolute atomic E-state index is 14.0. The van der Waals surface area contributed by atoms with E-state index in [1.807, 2.05) is 13.8 Å². The molecular weight excluding hydrogens is 361 g/mol. The van der Waals surface area contributed by atoms with E-state index in [4.69, 9.17) is 9.47 Å². The van der Waals surface area contributed by atoms with Crippen LogP contribution in [0.4, 0.5) is 4.39 Å². The molecule has 28 heavy (non-hydrogen) atoms. The third-order valence-corrected chi connectivity index (χ3v) is 5.16. The molecule has 1 aromatic carbocycles. The van der Waals surface area contributed by atoms with Gasteiger partial charge in [0.1, 0.15) is 12.4 Å². The molecule has 0 saturated heterocycles. The highest BCUT2D eigenvalue weighted by atomic mass is 19.1. The molecule has 1 N–H and O–H groups in total. The number of esters is 1. The van der Waals surface area contributed by atoms with Crippen molar-refractivity contribution >= 4 is 11.8 Å². The lowest BCUT2D eigenvalue weighted by atomic mass is 9.68. The number of nitrogens with one attached hydrogen (secondary N) is 1. The first-order valence-electron chi connectivity index (χ1n) is 9.39. The van der Waals surface area contributed by atoms with Gasteiger partial charge in [-0.3, -0.25) is 4.79 Å². The number of halogens is 1. The Morgan fingerprint density at radius 2 is 2.04 bits per heavy atom. The zero-order chi connectivity index (χ0) is 20.5. The standard InChI is InChI=1S/C22H26FNO4/c1-13-18(21(26)28-9-8-27-4)19(14-6-5-7-15(23)10-14)20-16(24-13)11-22(2,3)12-17(20)25/h5-7,10,19,24H,8-9,11-12H2,1-4H3/t19-/m1/s1. The van der Waals surface area contributed by atoms with Gasteiger partial charge in [-0.2, -0.15) is 0 Å². The van der Waals surface area contributed by atoms with Gasteiger partial charge in [-0.25, -0.2) is 9.18 Å². The smallest absolute Gasteiger partial charge is 0.336 e. The van der Waals surface area contributed by atoms with E-state index in [1.165, 1.54) is 19.2 Å². The van der Waals surface area contributed by atoms with Crippen molar-refractivity contribution in [3.05, 3.63) is 58.2 Å². The second-order valence-electron chi connectivity index (χ2n) is 8.11. The number of Topliss-reactive ketones (excluding diaryl/α,β-unsaturated/α-hetero) is 1. The lowest BCUT2D eigenvalue weighted by molar-refractivity contribution is -0.140. The Balaban J connectivity index is 2.09. The Morgan fingerprint density at radius 3 is 2.71 bits per heavy atom. The maximum Gasteiger partial charge on any atom is 0.336 e. The lowest BCUT2D eigenvalue weighted by Gasteiger charge is -2.39. The summed E-state index contributed by atoms with van der Waals surface area (Å²) in [6.45, 7) is 6.25. The Labute approximate surface area is 164 Å². The summed E-state index contributed by atoms with van der Waals surface area (Å²) in [6, 6.07) is 6.06. The Morgan fingerprint density at radius 1 is 1.29 bits per heavy atom. The molecule has 0 bridgehead atoms. The van der Waals surface area contributed by atoms with E-state index in [1.54, 1.807) is 19.1 Å². The molecule has 3 rings (SSSR count). The van der Waals surface area contributed by atoms with Crippen LogP contribution in [-0.4, -0.2) is 32.1 Å². The fraction of sp³-hybridized carbons (Fsp3) is 0.455. The number of methoxy groups -OCH3 is 1. The molecular formula is C22H26FNO4. The summed E-state index contributed by atoms with van der Waals surface area (Å²) < 4.78 is 24.3. The van der Waals surface area contributed by atoms with Gasteiger partial charge in [0.15, 0.2) is 5.78 Å². The van der Waals surface area contributed by atoms with Crippen LogP contribution in [-0.2, 0) is 19.1 Å². The average molecular weight is 387 g/mol. The Hall–Kier alpha value is -2.47. The number of ketones is 1. The zero-order valence-electron chi connectivity index (χ0n) is 16.7. The van der Waals surface area contributed by atoms with Gasteiger partial charge in [0.2, 0.25) is 0 Å². The molecule has 5 nitrogen and oxygen atoms in total. The number of rotatable bonds is 5. The molecule has 1 aromatic rings. The van der Waals surface area contributed by atoms with Gasteiger partial charge >= 0.3 is 5.97 Å². The third-order valence-electron chi connectivity index (χ3n) is 5.16. The van der Waals surface area contributed by atoms with Crippen molar-refractivity contribution < 1.29 is 23.5 Å². The molecule has 1 aliphatic heterocycles. The van der Waals surface area contributed by atoms with Gasteiger partial charge in [0, 0.05) is 36.4 Å². The zero-order valence-corrected chi connectivity index (χ0v) is 16.7. The van der Waals surface area contributed by atoms with Crippen molar-refractivity contribution in [3.8, 4) is 0 Å². The summed E-state index contributed by atoms with van der Waals surface area (Å²) >= 11 is 0. The van der Waals surface area contributed by atoms with E-state index in [9.17, 15) is 14.0 Å². The van der Waals surface area contributed by atoms with Crippen LogP contribution in [0.25, 0.3) is 0 Å². The number of dihydropyridines is 1. The average Bonchev–Trinajstić information content (AvgIpc) is 2.59. The van der Waals surface area contributed by atoms with Crippen LogP contribution in [0, 0.1) is 11.2 Å². The summed E-state index contributed by atoms with van der Waals surface area (Å²) in [5.74, 6) is -1.61. The van der Waals surface area contributed by atoms with Crippen LogP contribution in [0.2, 0.25) is 0 Å². The molecule has 0 spiro atoms. The fourth-order valence-corrected chi connectivity index (χ4v) is 4.02. The molecule has 0 saturated carbocycles. The van der Waals surface area contributed by atoms with Crippen LogP contribution in [0.5, 0.6) is 0 Å². The van der Waals surface area contributed by atoms with Crippen LogP contribution in [0.3, 0.4) is 0 Å².